The van der Waals surface area contributed by atoms with Crippen molar-refractivity contribution in [2.75, 3.05) is 20.6 Å². The van der Waals surface area contributed by atoms with E-state index in [1.807, 2.05) is 18.3 Å². The molecule has 0 radical (unpaired) electrons. The van der Waals surface area contributed by atoms with Crippen molar-refractivity contribution in [1.82, 2.24) is 29.3 Å². The van der Waals surface area contributed by atoms with Crippen LogP contribution in [0.1, 0.15) is 36.2 Å². The number of fused-ring (bicyclic) bond motifs is 1. The molecular formula is C20H26N6. The summed E-state index contributed by atoms with van der Waals surface area (Å²) >= 11 is 0. The number of hydrogen-bond acceptors (Lipinski definition) is 5. The molecule has 1 fully saturated rings. The van der Waals surface area contributed by atoms with Crippen LogP contribution < -0.4 is 0 Å². The molecule has 0 bridgehead atoms. The highest BCUT2D eigenvalue weighted by Gasteiger charge is 2.29. The summed E-state index contributed by atoms with van der Waals surface area (Å²) in [4.78, 5) is 18.9. The maximum atomic E-state index is 4.83. The van der Waals surface area contributed by atoms with Crippen LogP contribution in [0.2, 0.25) is 0 Å². The molecule has 0 aliphatic carbocycles. The Hall–Kier alpha value is -2.31. The Kier molecular flexibility index (Phi) is 4.70. The van der Waals surface area contributed by atoms with Gasteiger partial charge in [-0.15, -0.1) is 0 Å². The third-order valence-electron chi connectivity index (χ3n) is 5.10. The van der Waals surface area contributed by atoms with Crippen molar-refractivity contribution in [2.24, 2.45) is 7.05 Å². The van der Waals surface area contributed by atoms with Gasteiger partial charge in [0.05, 0.1) is 29.3 Å². The molecule has 1 aliphatic heterocycles. The lowest BCUT2D eigenvalue weighted by molar-refractivity contribution is 0.231. The predicted molar refractivity (Wildman–Crippen MR) is 103 cm³/mol. The lowest BCUT2D eigenvalue weighted by Gasteiger charge is -2.23. The van der Waals surface area contributed by atoms with Crippen LogP contribution in [0.25, 0.3) is 11.0 Å². The van der Waals surface area contributed by atoms with E-state index in [-0.39, 0.29) is 6.04 Å². The summed E-state index contributed by atoms with van der Waals surface area (Å²) in [6, 6.07) is 10.6. The first kappa shape index (κ1) is 17.1. The van der Waals surface area contributed by atoms with Crippen LogP contribution in [-0.4, -0.2) is 50.0 Å². The summed E-state index contributed by atoms with van der Waals surface area (Å²) in [5.41, 5.74) is 3.32. The number of likely N-dealkylation sites (tertiary alicyclic amines) is 1. The molecule has 6 heteroatoms. The van der Waals surface area contributed by atoms with Crippen LogP contribution in [0.15, 0.2) is 36.5 Å². The summed E-state index contributed by atoms with van der Waals surface area (Å²) in [5, 5.41) is 0. The smallest absolute Gasteiger partial charge is 0.145 e. The number of aromatic nitrogens is 4. The van der Waals surface area contributed by atoms with Crippen molar-refractivity contribution in [2.45, 2.75) is 32.0 Å². The maximum absolute atomic E-state index is 4.83. The number of para-hydroxylation sites is 2. The Labute approximate surface area is 154 Å². The minimum atomic E-state index is 0.275. The lowest BCUT2D eigenvalue weighted by atomic mass is 10.2. The van der Waals surface area contributed by atoms with Crippen molar-refractivity contribution in [3.8, 4) is 0 Å². The van der Waals surface area contributed by atoms with Crippen LogP contribution >= 0.6 is 0 Å². The predicted octanol–water partition coefficient (Wildman–Crippen LogP) is 2.76. The normalized spacial score (nSPS) is 18.2. The molecule has 0 N–H and O–H groups in total. The summed E-state index contributed by atoms with van der Waals surface area (Å²) in [5.74, 6) is 2.04. The van der Waals surface area contributed by atoms with Gasteiger partial charge in [-0.05, 0) is 51.7 Å². The monoisotopic (exact) mass is 350 g/mol. The fourth-order valence-electron chi connectivity index (χ4n) is 3.81. The van der Waals surface area contributed by atoms with Gasteiger partial charge in [-0.2, -0.15) is 0 Å². The highest BCUT2D eigenvalue weighted by molar-refractivity contribution is 5.75. The molecule has 26 heavy (non-hydrogen) atoms. The minimum absolute atomic E-state index is 0.275. The van der Waals surface area contributed by atoms with Crippen molar-refractivity contribution < 1.29 is 0 Å². The Morgan fingerprint density at radius 2 is 2.00 bits per heavy atom. The standard InChI is InChI=1S/C20H26N6/c1-24(2)13-15-10-11-21-20(22-15)18-9-6-12-26(18)14-19-23-16-7-4-5-8-17(16)25(19)3/h4-5,7-8,10-11,18H,6,9,12-14H2,1-3H3/t18-/m1/s1. The SMILES string of the molecule is CN(C)Cc1ccnc([C@H]2CCCN2Cc2nc3ccccc3n2C)n1. The van der Waals surface area contributed by atoms with E-state index in [1.54, 1.807) is 0 Å². The minimum Gasteiger partial charge on any atom is -0.330 e. The number of hydrogen-bond donors (Lipinski definition) is 0. The molecule has 1 atom stereocenters. The Balaban J connectivity index is 1.57. The Morgan fingerprint density at radius 3 is 2.81 bits per heavy atom. The number of aryl methyl sites for hydroxylation is 1. The largest absolute Gasteiger partial charge is 0.330 e. The van der Waals surface area contributed by atoms with Gasteiger partial charge in [0, 0.05) is 19.8 Å². The van der Waals surface area contributed by atoms with E-state index >= 15 is 0 Å². The van der Waals surface area contributed by atoms with Crippen LogP contribution in [0, 0.1) is 0 Å². The first-order valence-electron chi connectivity index (χ1n) is 9.23. The number of benzene rings is 1. The number of rotatable bonds is 5. The van der Waals surface area contributed by atoms with E-state index < -0.39 is 0 Å². The molecule has 3 heterocycles. The average molecular weight is 350 g/mol. The molecule has 6 nitrogen and oxygen atoms in total. The molecule has 0 spiro atoms. The number of nitrogens with zero attached hydrogens (tertiary/aromatic N) is 6. The van der Waals surface area contributed by atoms with E-state index in [4.69, 9.17) is 9.97 Å². The molecule has 1 saturated heterocycles. The van der Waals surface area contributed by atoms with Gasteiger partial charge in [0.1, 0.15) is 11.6 Å². The van der Waals surface area contributed by atoms with Gasteiger partial charge in [0.15, 0.2) is 0 Å². The summed E-state index contributed by atoms with van der Waals surface area (Å²) in [6.07, 6.45) is 4.18. The zero-order valence-corrected chi connectivity index (χ0v) is 15.8. The summed E-state index contributed by atoms with van der Waals surface area (Å²) < 4.78 is 2.20. The molecule has 3 aromatic rings. The zero-order valence-electron chi connectivity index (χ0n) is 15.8. The van der Waals surface area contributed by atoms with Crippen molar-refractivity contribution in [3.63, 3.8) is 0 Å². The molecule has 136 valence electrons. The molecule has 2 aromatic heterocycles. The topological polar surface area (TPSA) is 50.1 Å². The van der Waals surface area contributed by atoms with Gasteiger partial charge in [-0.3, -0.25) is 4.90 Å². The highest BCUT2D eigenvalue weighted by Crippen LogP contribution is 2.31. The van der Waals surface area contributed by atoms with Gasteiger partial charge < -0.3 is 9.47 Å². The van der Waals surface area contributed by atoms with E-state index in [2.05, 4.69) is 58.7 Å². The number of imidazole rings is 1. The third-order valence-corrected chi connectivity index (χ3v) is 5.10. The zero-order chi connectivity index (χ0) is 18.1. The van der Waals surface area contributed by atoms with Gasteiger partial charge in [-0.25, -0.2) is 15.0 Å². The molecule has 1 aliphatic rings. The van der Waals surface area contributed by atoms with E-state index in [0.717, 1.165) is 48.9 Å². The van der Waals surface area contributed by atoms with Gasteiger partial charge in [0.2, 0.25) is 0 Å². The fraction of sp³-hybridized carbons (Fsp3) is 0.450. The first-order chi connectivity index (χ1) is 12.6. The molecule has 0 amide bonds. The maximum Gasteiger partial charge on any atom is 0.145 e. The fourth-order valence-corrected chi connectivity index (χ4v) is 3.81. The molecule has 0 unspecified atom stereocenters. The van der Waals surface area contributed by atoms with Crippen molar-refractivity contribution >= 4 is 11.0 Å². The van der Waals surface area contributed by atoms with Gasteiger partial charge in [0.25, 0.3) is 0 Å². The van der Waals surface area contributed by atoms with Crippen LogP contribution in [0.4, 0.5) is 0 Å². The van der Waals surface area contributed by atoms with Crippen LogP contribution in [-0.2, 0) is 20.1 Å². The third kappa shape index (κ3) is 3.34. The molecule has 0 saturated carbocycles. The molecular weight excluding hydrogens is 324 g/mol. The molecule has 1 aromatic carbocycles. The van der Waals surface area contributed by atoms with Crippen molar-refractivity contribution in [3.05, 3.63) is 53.9 Å². The quantitative estimate of drug-likeness (QED) is 0.708. The van der Waals surface area contributed by atoms with Crippen molar-refractivity contribution in [1.29, 1.82) is 0 Å². The highest BCUT2D eigenvalue weighted by atomic mass is 15.2. The van der Waals surface area contributed by atoms with E-state index in [0.29, 0.717) is 0 Å². The Morgan fingerprint density at radius 1 is 1.15 bits per heavy atom. The van der Waals surface area contributed by atoms with Crippen LogP contribution in [0.3, 0.4) is 0 Å². The second-order valence-electron chi connectivity index (χ2n) is 7.35. The average Bonchev–Trinajstić information content (AvgIpc) is 3.20. The van der Waals surface area contributed by atoms with Gasteiger partial charge >= 0.3 is 0 Å². The Bertz CT molecular complexity index is 900. The lowest BCUT2D eigenvalue weighted by Crippen LogP contribution is -2.26. The van der Waals surface area contributed by atoms with E-state index in [9.17, 15) is 0 Å². The second kappa shape index (κ2) is 7.13. The summed E-state index contributed by atoms with van der Waals surface area (Å²) in [6.45, 7) is 2.74. The van der Waals surface area contributed by atoms with Crippen LogP contribution in [0.5, 0.6) is 0 Å². The second-order valence-corrected chi connectivity index (χ2v) is 7.35. The van der Waals surface area contributed by atoms with E-state index in [1.165, 1.54) is 11.9 Å². The summed E-state index contributed by atoms with van der Waals surface area (Å²) in [7, 11) is 6.23. The van der Waals surface area contributed by atoms with Gasteiger partial charge in [-0.1, -0.05) is 12.1 Å². The molecule has 4 rings (SSSR count). The first-order valence-corrected chi connectivity index (χ1v) is 9.23.